The molecule has 0 aliphatic heterocycles. The minimum Gasteiger partial charge on any atom is -0.294 e. The molecule has 2 heteroatoms. The molecule has 94 valence electrons. The zero-order chi connectivity index (χ0) is 13.4. The number of carbonyl (C=O) groups excluding carboxylic acids is 1. The normalized spacial score (nSPS) is 11.1. The summed E-state index contributed by atoms with van der Waals surface area (Å²) in [5.41, 5.74) is 0.794. The molecule has 0 spiro atoms. The van der Waals surface area contributed by atoms with E-state index in [-0.39, 0.29) is 5.78 Å². The molecular formula is C17H13BrO. The fraction of sp³-hybridized carbons (Fsp3) is 0.118. The minimum atomic E-state index is 0.189. The summed E-state index contributed by atoms with van der Waals surface area (Å²) in [6, 6.07) is 16.3. The summed E-state index contributed by atoms with van der Waals surface area (Å²) >= 11 is 3.61. The highest BCUT2D eigenvalue weighted by atomic mass is 79.9. The van der Waals surface area contributed by atoms with Gasteiger partial charge in [-0.25, -0.2) is 0 Å². The second-order valence-electron chi connectivity index (χ2n) is 4.62. The Morgan fingerprint density at radius 1 is 1.00 bits per heavy atom. The molecule has 0 aliphatic carbocycles. The Morgan fingerprint density at radius 3 is 2.47 bits per heavy atom. The number of ketones is 1. The Balaban J connectivity index is 2.41. The highest BCUT2D eigenvalue weighted by molar-refractivity contribution is 9.10. The van der Waals surface area contributed by atoms with E-state index in [1.807, 2.05) is 37.3 Å². The van der Waals surface area contributed by atoms with E-state index in [9.17, 15) is 4.79 Å². The quantitative estimate of drug-likeness (QED) is 0.460. The highest BCUT2D eigenvalue weighted by Crippen LogP contribution is 2.32. The van der Waals surface area contributed by atoms with Gasteiger partial charge in [0.15, 0.2) is 5.78 Å². The fourth-order valence-corrected chi connectivity index (χ4v) is 3.03. The molecule has 0 radical (unpaired) electrons. The van der Waals surface area contributed by atoms with Gasteiger partial charge in [0.1, 0.15) is 0 Å². The van der Waals surface area contributed by atoms with Crippen LogP contribution < -0.4 is 0 Å². The Bertz CT molecular complexity index is 790. The van der Waals surface area contributed by atoms with Crippen molar-refractivity contribution in [2.75, 3.05) is 0 Å². The second-order valence-corrected chi connectivity index (χ2v) is 5.47. The highest BCUT2D eigenvalue weighted by Gasteiger charge is 2.08. The molecule has 0 fully saturated rings. The van der Waals surface area contributed by atoms with Gasteiger partial charge in [-0.1, -0.05) is 59.3 Å². The number of benzene rings is 3. The zero-order valence-electron chi connectivity index (χ0n) is 10.6. The zero-order valence-corrected chi connectivity index (χ0v) is 12.2. The summed E-state index contributed by atoms with van der Waals surface area (Å²) in [6.45, 7) is 1.90. The van der Waals surface area contributed by atoms with Crippen LogP contribution in [0.15, 0.2) is 53.0 Å². The first-order valence-corrected chi connectivity index (χ1v) is 7.14. The monoisotopic (exact) mass is 312 g/mol. The number of halogens is 1. The van der Waals surface area contributed by atoms with Crippen molar-refractivity contribution in [3.8, 4) is 0 Å². The Morgan fingerprint density at radius 2 is 1.74 bits per heavy atom. The van der Waals surface area contributed by atoms with Crippen molar-refractivity contribution >= 4 is 43.3 Å². The van der Waals surface area contributed by atoms with E-state index in [0.717, 1.165) is 20.8 Å². The predicted molar refractivity (Wildman–Crippen MR) is 83.8 cm³/mol. The Hall–Kier alpha value is -1.67. The minimum absolute atomic E-state index is 0.189. The van der Waals surface area contributed by atoms with E-state index in [1.165, 1.54) is 10.8 Å². The van der Waals surface area contributed by atoms with E-state index in [4.69, 9.17) is 0 Å². The lowest BCUT2D eigenvalue weighted by Crippen LogP contribution is -1.96. The van der Waals surface area contributed by atoms with E-state index >= 15 is 0 Å². The summed E-state index contributed by atoms with van der Waals surface area (Å²) in [5, 5.41) is 4.64. The van der Waals surface area contributed by atoms with Crippen LogP contribution in [0.25, 0.3) is 21.5 Å². The van der Waals surface area contributed by atoms with Crippen molar-refractivity contribution in [3.05, 3.63) is 58.6 Å². The molecule has 0 atom stereocenters. The second kappa shape index (κ2) is 4.78. The SMILES string of the molecule is CCC(=O)c1ccc2cc(Br)c3ccccc3c2c1. The van der Waals surface area contributed by atoms with Gasteiger partial charge >= 0.3 is 0 Å². The van der Waals surface area contributed by atoms with Gasteiger partial charge in [0.2, 0.25) is 0 Å². The third-order valence-electron chi connectivity index (χ3n) is 3.45. The van der Waals surface area contributed by atoms with Crippen LogP contribution >= 0.6 is 15.9 Å². The molecule has 0 N–H and O–H groups in total. The summed E-state index contributed by atoms with van der Waals surface area (Å²) in [4.78, 5) is 11.9. The average molecular weight is 313 g/mol. The molecule has 0 bridgehead atoms. The van der Waals surface area contributed by atoms with Crippen molar-refractivity contribution in [3.63, 3.8) is 0 Å². The molecular weight excluding hydrogens is 300 g/mol. The van der Waals surface area contributed by atoms with Crippen molar-refractivity contribution in [2.45, 2.75) is 13.3 Å². The summed E-state index contributed by atoms with van der Waals surface area (Å²) < 4.78 is 1.09. The van der Waals surface area contributed by atoms with Crippen LogP contribution in [0.1, 0.15) is 23.7 Å². The lowest BCUT2D eigenvalue weighted by molar-refractivity contribution is 0.0988. The molecule has 3 rings (SSSR count). The molecule has 3 aromatic rings. The van der Waals surface area contributed by atoms with Gasteiger partial charge in [0.05, 0.1) is 0 Å². The van der Waals surface area contributed by atoms with Gasteiger partial charge in [-0.15, -0.1) is 0 Å². The van der Waals surface area contributed by atoms with Crippen molar-refractivity contribution < 1.29 is 4.79 Å². The molecule has 19 heavy (non-hydrogen) atoms. The first-order valence-electron chi connectivity index (χ1n) is 6.35. The maximum absolute atomic E-state index is 11.9. The molecule has 0 amide bonds. The summed E-state index contributed by atoms with van der Waals surface area (Å²) in [7, 11) is 0. The van der Waals surface area contributed by atoms with Crippen molar-refractivity contribution in [1.29, 1.82) is 0 Å². The van der Waals surface area contributed by atoms with Gasteiger partial charge in [-0.05, 0) is 33.7 Å². The third-order valence-corrected chi connectivity index (χ3v) is 4.11. The number of rotatable bonds is 2. The van der Waals surface area contributed by atoms with Crippen molar-refractivity contribution in [1.82, 2.24) is 0 Å². The average Bonchev–Trinajstić information content (AvgIpc) is 2.46. The molecule has 0 aliphatic rings. The van der Waals surface area contributed by atoms with Gasteiger partial charge in [-0.3, -0.25) is 4.79 Å². The summed E-state index contributed by atoms with van der Waals surface area (Å²) in [5.74, 6) is 0.189. The molecule has 0 saturated carbocycles. The van der Waals surface area contributed by atoms with Gasteiger partial charge in [-0.2, -0.15) is 0 Å². The van der Waals surface area contributed by atoms with E-state index in [2.05, 4.69) is 34.1 Å². The number of Topliss-reactive ketones (excluding diaryl/α,β-unsaturated/α-hetero) is 1. The summed E-state index contributed by atoms with van der Waals surface area (Å²) in [6.07, 6.45) is 0.542. The van der Waals surface area contributed by atoms with Crippen LogP contribution in [0, 0.1) is 0 Å². The Labute approximate surface area is 120 Å². The van der Waals surface area contributed by atoms with Crippen LogP contribution in [-0.4, -0.2) is 5.78 Å². The van der Waals surface area contributed by atoms with Crippen LogP contribution in [0.3, 0.4) is 0 Å². The predicted octanol–water partition coefficient (Wildman–Crippen LogP) is 5.35. The van der Waals surface area contributed by atoms with Crippen LogP contribution in [-0.2, 0) is 0 Å². The molecule has 0 aromatic heterocycles. The maximum atomic E-state index is 11.9. The van der Waals surface area contributed by atoms with Gasteiger partial charge in [0, 0.05) is 16.5 Å². The van der Waals surface area contributed by atoms with Crippen LogP contribution in [0.5, 0.6) is 0 Å². The van der Waals surface area contributed by atoms with Crippen LogP contribution in [0.2, 0.25) is 0 Å². The largest absolute Gasteiger partial charge is 0.294 e. The maximum Gasteiger partial charge on any atom is 0.162 e. The van der Waals surface area contributed by atoms with Gasteiger partial charge in [0.25, 0.3) is 0 Å². The van der Waals surface area contributed by atoms with E-state index in [1.54, 1.807) is 0 Å². The third kappa shape index (κ3) is 2.06. The number of fused-ring (bicyclic) bond motifs is 3. The first kappa shape index (κ1) is 12.4. The number of hydrogen-bond acceptors (Lipinski definition) is 1. The van der Waals surface area contributed by atoms with Gasteiger partial charge < -0.3 is 0 Å². The Kier molecular flexibility index (Phi) is 3.11. The van der Waals surface area contributed by atoms with E-state index < -0.39 is 0 Å². The van der Waals surface area contributed by atoms with Crippen LogP contribution in [0.4, 0.5) is 0 Å². The smallest absolute Gasteiger partial charge is 0.162 e. The standard InChI is InChI=1S/C17H13BrO/c1-2-17(19)12-8-7-11-10-16(18)14-6-4-3-5-13(14)15(11)9-12/h3-10H,2H2,1H3. The first-order chi connectivity index (χ1) is 9.20. The lowest BCUT2D eigenvalue weighted by Gasteiger charge is -2.08. The van der Waals surface area contributed by atoms with Crippen molar-refractivity contribution in [2.24, 2.45) is 0 Å². The fourth-order valence-electron chi connectivity index (χ4n) is 2.43. The molecule has 0 saturated heterocycles. The number of hydrogen-bond donors (Lipinski definition) is 0. The topological polar surface area (TPSA) is 17.1 Å². The molecule has 0 unspecified atom stereocenters. The molecule has 1 nitrogen and oxygen atoms in total. The molecule has 0 heterocycles. The van der Waals surface area contributed by atoms with E-state index in [0.29, 0.717) is 6.42 Å². The molecule has 3 aromatic carbocycles. The number of carbonyl (C=O) groups is 1. The lowest BCUT2D eigenvalue weighted by atomic mass is 9.98.